The minimum atomic E-state index is -4.67. The summed E-state index contributed by atoms with van der Waals surface area (Å²) in [5.74, 6) is 0.0702. The molecule has 0 radical (unpaired) electrons. The Bertz CT molecular complexity index is 2210. The number of anilines is 3. The third-order valence-electron chi connectivity index (χ3n) is 10.2. The molecule has 0 amide bonds. The standard InChI is InChI=1S/C44H40F6N2O3/c1-3-5-11-23-52(24-12-6-4-2)40-38-37(54-36-22-10-9-21-35(36)42(38)34-20-8-7-19-32(34)41(53)55-42)27-33(28-15-13-16-29(25-28)43(45,46)47)39(40)51-31-18-14-17-30(26-31)44(48,49)50/h7-10,13-22,25-27,51H,3-6,11-12,23-24H2,1-2H3. The minimum absolute atomic E-state index is 0.0707. The van der Waals surface area contributed by atoms with Crippen LogP contribution in [0.25, 0.3) is 11.1 Å². The fourth-order valence-electron chi connectivity index (χ4n) is 7.66. The molecule has 5 nitrogen and oxygen atoms in total. The number of esters is 1. The first kappa shape index (κ1) is 37.8. The summed E-state index contributed by atoms with van der Waals surface area (Å²) in [4.78, 5) is 16.0. The Morgan fingerprint density at radius 3 is 1.95 bits per heavy atom. The van der Waals surface area contributed by atoms with E-state index in [2.05, 4.69) is 24.1 Å². The van der Waals surface area contributed by atoms with Gasteiger partial charge in [0, 0.05) is 35.5 Å². The fourth-order valence-corrected chi connectivity index (χ4v) is 7.66. The van der Waals surface area contributed by atoms with Gasteiger partial charge in [-0.05, 0) is 66.9 Å². The van der Waals surface area contributed by atoms with Crippen LogP contribution >= 0.6 is 0 Å². The van der Waals surface area contributed by atoms with E-state index in [1.807, 2.05) is 18.2 Å². The number of halogens is 6. The number of carbonyl (C=O) groups excluding carboxylic acids is 1. The summed E-state index contributed by atoms with van der Waals surface area (Å²) in [7, 11) is 0. The van der Waals surface area contributed by atoms with E-state index in [4.69, 9.17) is 9.47 Å². The predicted octanol–water partition coefficient (Wildman–Crippen LogP) is 12.9. The van der Waals surface area contributed by atoms with Crippen molar-refractivity contribution in [1.82, 2.24) is 0 Å². The highest BCUT2D eigenvalue weighted by Crippen LogP contribution is 2.61. The van der Waals surface area contributed by atoms with Gasteiger partial charge in [-0.1, -0.05) is 94.1 Å². The van der Waals surface area contributed by atoms with Gasteiger partial charge in [0.15, 0.2) is 5.60 Å². The van der Waals surface area contributed by atoms with Crippen LogP contribution in [0.1, 0.15) is 90.5 Å². The molecule has 2 aliphatic heterocycles. The third-order valence-corrected chi connectivity index (χ3v) is 10.2. The van der Waals surface area contributed by atoms with Gasteiger partial charge >= 0.3 is 18.3 Å². The number of nitrogens with zero attached hydrogens (tertiary/aromatic N) is 1. The molecule has 0 saturated carbocycles. The molecule has 5 aromatic carbocycles. The Balaban J connectivity index is 1.62. The number of hydrogen-bond acceptors (Lipinski definition) is 5. The first-order chi connectivity index (χ1) is 26.4. The minimum Gasteiger partial charge on any atom is -0.456 e. The number of nitrogens with one attached hydrogen (secondary N) is 1. The van der Waals surface area contributed by atoms with Crippen LogP contribution in [0, 0.1) is 0 Å². The second kappa shape index (κ2) is 15.0. The SMILES string of the molecule is CCCCCN(CCCCC)c1c(Nc2cccc(C(F)(F)F)c2)c(-c2cccc(C(F)(F)F)c2)cc2c1C1(OC(=O)c3ccccc31)c1ccccc1O2. The van der Waals surface area contributed by atoms with Gasteiger partial charge in [-0.25, -0.2) is 4.79 Å². The first-order valence-electron chi connectivity index (χ1n) is 18.5. The molecule has 0 aromatic heterocycles. The van der Waals surface area contributed by atoms with E-state index in [0.717, 1.165) is 62.8 Å². The number of para-hydroxylation sites is 1. The molecule has 0 aliphatic carbocycles. The van der Waals surface area contributed by atoms with Crippen LogP contribution < -0.4 is 15.0 Å². The van der Waals surface area contributed by atoms with Crippen molar-refractivity contribution in [2.24, 2.45) is 0 Å². The summed E-state index contributed by atoms with van der Waals surface area (Å²) in [5, 5.41) is 3.27. The lowest BCUT2D eigenvalue weighted by Crippen LogP contribution is -2.37. The number of carbonyl (C=O) groups is 1. The van der Waals surface area contributed by atoms with Crippen LogP contribution in [0.3, 0.4) is 0 Å². The van der Waals surface area contributed by atoms with E-state index in [9.17, 15) is 31.1 Å². The van der Waals surface area contributed by atoms with Crippen molar-refractivity contribution >= 4 is 23.0 Å². The van der Waals surface area contributed by atoms with Gasteiger partial charge < -0.3 is 19.7 Å². The number of ether oxygens (including phenoxy) is 2. The van der Waals surface area contributed by atoms with Gasteiger partial charge in [-0.3, -0.25) is 0 Å². The van der Waals surface area contributed by atoms with Crippen LogP contribution in [-0.4, -0.2) is 19.1 Å². The van der Waals surface area contributed by atoms with Gasteiger partial charge in [0.25, 0.3) is 0 Å². The Labute approximate surface area is 315 Å². The molecule has 286 valence electrons. The predicted molar refractivity (Wildman–Crippen MR) is 201 cm³/mol. The summed E-state index contributed by atoms with van der Waals surface area (Å²) in [5.41, 5.74) is -0.266. The zero-order valence-corrected chi connectivity index (χ0v) is 30.4. The molecule has 0 fully saturated rings. The summed E-state index contributed by atoms with van der Waals surface area (Å²) >= 11 is 0. The zero-order chi connectivity index (χ0) is 39.0. The maximum absolute atomic E-state index is 14.3. The number of unbranched alkanes of at least 4 members (excludes halogenated alkanes) is 4. The number of hydrogen-bond donors (Lipinski definition) is 1. The highest BCUT2D eigenvalue weighted by molar-refractivity contribution is 6.01. The smallest absolute Gasteiger partial charge is 0.416 e. The molecule has 55 heavy (non-hydrogen) atoms. The fraction of sp³-hybridized carbons (Fsp3) is 0.295. The Hall–Kier alpha value is -5.45. The van der Waals surface area contributed by atoms with Gasteiger partial charge in [0.1, 0.15) is 11.5 Å². The largest absolute Gasteiger partial charge is 0.456 e. The molecule has 1 atom stereocenters. The van der Waals surface area contributed by atoms with Crippen LogP contribution in [0.4, 0.5) is 43.4 Å². The Morgan fingerprint density at radius 1 is 0.655 bits per heavy atom. The van der Waals surface area contributed by atoms with E-state index < -0.39 is 35.0 Å². The quantitative estimate of drug-likeness (QED) is 0.0780. The normalized spacial score (nSPS) is 15.9. The highest BCUT2D eigenvalue weighted by Gasteiger charge is 2.56. The molecule has 1 N–H and O–H groups in total. The monoisotopic (exact) mass is 758 g/mol. The summed E-state index contributed by atoms with van der Waals surface area (Å²) in [6.07, 6.45) is -4.27. The lowest BCUT2D eigenvalue weighted by molar-refractivity contribution is -0.138. The molecule has 1 unspecified atom stereocenters. The van der Waals surface area contributed by atoms with Crippen molar-refractivity contribution in [1.29, 1.82) is 0 Å². The zero-order valence-electron chi connectivity index (χ0n) is 30.4. The first-order valence-corrected chi connectivity index (χ1v) is 18.5. The third kappa shape index (κ3) is 7.12. The lowest BCUT2D eigenvalue weighted by Gasteiger charge is -2.41. The van der Waals surface area contributed by atoms with Gasteiger partial charge in [0.2, 0.25) is 0 Å². The van der Waals surface area contributed by atoms with Gasteiger partial charge in [0.05, 0.1) is 33.6 Å². The Kier molecular flexibility index (Phi) is 10.3. The van der Waals surface area contributed by atoms with Crippen LogP contribution in [0.2, 0.25) is 0 Å². The molecule has 2 aliphatic rings. The Morgan fingerprint density at radius 2 is 1.27 bits per heavy atom. The maximum atomic E-state index is 14.3. The summed E-state index contributed by atoms with van der Waals surface area (Å²) < 4.78 is 98.3. The van der Waals surface area contributed by atoms with Crippen molar-refractivity contribution < 1.29 is 40.6 Å². The topological polar surface area (TPSA) is 50.8 Å². The lowest BCUT2D eigenvalue weighted by atomic mass is 9.75. The molecule has 7 rings (SSSR count). The van der Waals surface area contributed by atoms with E-state index in [1.165, 1.54) is 24.3 Å². The van der Waals surface area contributed by atoms with Crippen LogP contribution in [0.15, 0.2) is 103 Å². The highest BCUT2D eigenvalue weighted by atomic mass is 19.4. The second-order valence-corrected chi connectivity index (χ2v) is 13.9. The van der Waals surface area contributed by atoms with Crippen molar-refractivity contribution in [3.63, 3.8) is 0 Å². The maximum Gasteiger partial charge on any atom is 0.416 e. The van der Waals surface area contributed by atoms with Crippen molar-refractivity contribution in [3.05, 3.63) is 137 Å². The summed E-state index contributed by atoms with van der Waals surface area (Å²) in [6, 6.07) is 25.3. The molecule has 11 heteroatoms. The van der Waals surface area contributed by atoms with E-state index in [1.54, 1.807) is 36.4 Å². The van der Waals surface area contributed by atoms with Crippen LogP contribution in [0.5, 0.6) is 11.5 Å². The molecular weight excluding hydrogens is 718 g/mol. The number of fused-ring (bicyclic) bond motifs is 6. The number of alkyl halides is 6. The molecule has 1 spiro atoms. The number of rotatable bonds is 12. The average molecular weight is 759 g/mol. The molecule has 0 bridgehead atoms. The van der Waals surface area contributed by atoms with Crippen LogP contribution in [-0.2, 0) is 22.7 Å². The van der Waals surface area contributed by atoms with Crippen molar-refractivity contribution in [2.75, 3.05) is 23.3 Å². The second-order valence-electron chi connectivity index (χ2n) is 13.9. The van der Waals surface area contributed by atoms with Crippen molar-refractivity contribution in [2.45, 2.75) is 70.3 Å². The summed E-state index contributed by atoms with van der Waals surface area (Å²) in [6.45, 7) is 5.15. The molecule has 5 aromatic rings. The van der Waals surface area contributed by atoms with E-state index >= 15 is 0 Å². The average Bonchev–Trinajstić information content (AvgIpc) is 3.46. The molecular formula is C44H40F6N2O3. The van der Waals surface area contributed by atoms with Gasteiger partial charge in [-0.2, -0.15) is 26.3 Å². The van der Waals surface area contributed by atoms with Gasteiger partial charge in [-0.15, -0.1) is 0 Å². The molecule has 2 heterocycles. The van der Waals surface area contributed by atoms with Crippen molar-refractivity contribution in [3.8, 4) is 22.6 Å². The number of benzene rings is 5. The van der Waals surface area contributed by atoms with E-state index in [0.29, 0.717) is 46.8 Å². The molecule has 0 saturated heterocycles. The van der Waals surface area contributed by atoms with E-state index in [-0.39, 0.29) is 28.3 Å².